The normalized spacial score (nSPS) is 17.0. The molecule has 0 bridgehead atoms. The molecule has 0 heterocycles. The molecule has 66 valence electrons. The monoisotopic (exact) mass is 210 g/mol. The molecule has 11 heavy (non-hydrogen) atoms. The molecule has 2 atom stereocenters. The molecule has 0 saturated carbocycles. The van der Waals surface area contributed by atoms with Crippen molar-refractivity contribution < 1.29 is 4.21 Å². The number of rotatable bonds is 5. The molecule has 0 aliphatic rings. The van der Waals surface area contributed by atoms with Crippen LogP contribution in [0.5, 0.6) is 0 Å². The van der Waals surface area contributed by atoms with Gasteiger partial charge >= 0.3 is 0 Å². The lowest BCUT2D eigenvalue weighted by molar-refractivity contribution is 0.685. The number of hydrogen-bond acceptors (Lipinski definition) is 3. The van der Waals surface area contributed by atoms with Crippen LogP contribution >= 0.6 is 21.6 Å². The van der Waals surface area contributed by atoms with Crippen LogP contribution in [0.2, 0.25) is 0 Å². The van der Waals surface area contributed by atoms with Gasteiger partial charge in [0.2, 0.25) is 0 Å². The van der Waals surface area contributed by atoms with E-state index in [0.29, 0.717) is 0 Å². The second-order valence-electron chi connectivity index (χ2n) is 1.90. The summed E-state index contributed by atoms with van der Waals surface area (Å²) in [6.45, 7) is 3.96. The Labute approximate surface area is 79.3 Å². The Morgan fingerprint density at radius 2 is 2.27 bits per heavy atom. The van der Waals surface area contributed by atoms with Gasteiger partial charge in [0.25, 0.3) is 0 Å². The first-order valence-corrected chi connectivity index (χ1v) is 7.37. The van der Waals surface area contributed by atoms with E-state index >= 15 is 0 Å². The van der Waals surface area contributed by atoms with Crippen molar-refractivity contribution in [2.45, 2.75) is 24.9 Å². The molecule has 0 N–H and O–H groups in total. The first-order valence-electron chi connectivity index (χ1n) is 3.47. The Kier molecular flexibility index (Phi) is 7.64. The minimum Gasteiger partial charge on any atom is -0.254 e. The first kappa shape index (κ1) is 11.6. The van der Waals surface area contributed by atoms with Gasteiger partial charge in [0, 0.05) is 0 Å². The fourth-order valence-electron chi connectivity index (χ4n) is 0.600. The summed E-state index contributed by atoms with van der Waals surface area (Å²) in [7, 11) is 2.57. The minimum absolute atomic E-state index is 0.251. The molecule has 0 spiro atoms. The van der Waals surface area contributed by atoms with E-state index in [-0.39, 0.29) is 4.58 Å². The average Bonchev–Trinajstić information content (AvgIpc) is 2.00. The van der Waals surface area contributed by atoms with Crippen molar-refractivity contribution >= 4 is 32.4 Å². The Morgan fingerprint density at radius 3 is 2.64 bits per heavy atom. The van der Waals surface area contributed by atoms with E-state index < -0.39 is 10.8 Å². The standard InChI is InChI=1S/C7H14OS3/c1-4-6-11(8)7(5-2)10-9-3/h4,6-7H,5H2,1-3H3/b6-4+. The van der Waals surface area contributed by atoms with Crippen molar-refractivity contribution in [3.05, 3.63) is 11.5 Å². The van der Waals surface area contributed by atoms with Crippen molar-refractivity contribution in [1.82, 2.24) is 0 Å². The van der Waals surface area contributed by atoms with Gasteiger partial charge in [-0.3, -0.25) is 4.21 Å². The molecule has 0 saturated heterocycles. The van der Waals surface area contributed by atoms with E-state index in [1.807, 2.05) is 19.3 Å². The molecule has 4 heteroatoms. The third-order valence-corrected chi connectivity index (χ3v) is 5.70. The first-order chi connectivity index (χ1) is 5.26. The second kappa shape index (κ2) is 7.25. The predicted octanol–water partition coefficient (Wildman–Crippen LogP) is 3.02. The van der Waals surface area contributed by atoms with Crippen molar-refractivity contribution in [2.75, 3.05) is 6.26 Å². The third kappa shape index (κ3) is 4.93. The smallest absolute Gasteiger partial charge is 0.0942 e. The fourth-order valence-corrected chi connectivity index (χ4v) is 4.68. The highest BCUT2D eigenvalue weighted by Gasteiger charge is 2.11. The zero-order valence-electron chi connectivity index (χ0n) is 7.07. The van der Waals surface area contributed by atoms with E-state index in [9.17, 15) is 4.21 Å². The molecule has 2 unspecified atom stereocenters. The summed E-state index contributed by atoms with van der Waals surface area (Å²) >= 11 is 0. The lowest BCUT2D eigenvalue weighted by atomic mass is 10.6. The lowest BCUT2D eigenvalue weighted by Gasteiger charge is -2.08. The van der Waals surface area contributed by atoms with Gasteiger partial charge in [-0.25, -0.2) is 0 Å². The van der Waals surface area contributed by atoms with E-state index in [1.165, 1.54) is 0 Å². The van der Waals surface area contributed by atoms with Crippen LogP contribution in [-0.2, 0) is 10.8 Å². The summed E-state index contributed by atoms with van der Waals surface area (Å²) < 4.78 is 11.6. The highest BCUT2D eigenvalue weighted by atomic mass is 33.1. The lowest BCUT2D eigenvalue weighted by Crippen LogP contribution is -2.04. The van der Waals surface area contributed by atoms with Crippen LogP contribution in [0.15, 0.2) is 11.5 Å². The van der Waals surface area contributed by atoms with Crippen LogP contribution in [-0.4, -0.2) is 15.0 Å². The Morgan fingerprint density at radius 1 is 1.64 bits per heavy atom. The predicted molar refractivity (Wildman–Crippen MR) is 58.1 cm³/mol. The molecule has 0 aliphatic heterocycles. The zero-order chi connectivity index (χ0) is 8.69. The van der Waals surface area contributed by atoms with Gasteiger partial charge in [0.15, 0.2) is 0 Å². The van der Waals surface area contributed by atoms with E-state index in [1.54, 1.807) is 27.0 Å². The topological polar surface area (TPSA) is 17.1 Å². The van der Waals surface area contributed by atoms with E-state index in [0.717, 1.165) is 6.42 Å². The molecule has 0 radical (unpaired) electrons. The summed E-state index contributed by atoms with van der Waals surface area (Å²) in [5, 5.41) is 1.76. The molecular weight excluding hydrogens is 196 g/mol. The van der Waals surface area contributed by atoms with Crippen LogP contribution in [0.25, 0.3) is 0 Å². The highest BCUT2D eigenvalue weighted by Crippen LogP contribution is 2.28. The van der Waals surface area contributed by atoms with Crippen LogP contribution in [0, 0.1) is 0 Å². The highest BCUT2D eigenvalue weighted by molar-refractivity contribution is 8.77. The summed E-state index contributed by atoms with van der Waals surface area (Å²) in [5.74, 6) is 0. The van der Waals surface area contributed by atoms with Gasteiger partial charge in [-0.05, 0) is 25.0 Å². The molecule has 0 aromatic heterocycles. The number of allylic oxidation sites excluding steroid dienone is 1. The summed E-state index contributed by atoms with van der Waals surface area (Å²) in [4.78, 5) is 0. The van der Waals surface area contributed by atoms with Crippen LogP contribution in [0.3, 0.4) is 0 Å². The van der Waals surface area contributed by atoms with Gasteiger partial charge in [-0.2, -0.15) is 0 Å². The Bertz CT molecular complexity index is 145. The van der Waals surface area contributed by atoms with Crippen molar-refractivity contribution in [3.8, 4) is 0 Å². The molecule has 0 aromatic carbocycles. The molecule has 0 aromatic rings. The maximum Gasteiger partial charge on any atom is 0.0942 e. The maximum atomic E-state index is 11.4. The average molecular weight is 210 g/mol. The van der Waals surface area contributed by atoms with Gasteiger partial charge in [-0.15, -0.1) is 0 Å². The van der Waals surface area contributed by atoms with E-state index in [2.05, 4.69) is 6.92 Å². The summed E-state index contributed by atoms with van der Waals surface area (Å²) in [5.41, 5.74) is 0. The molecular formula is C7H14OS3. The van der Waals surface area contributed by atoms with Gasteiger partial charge in [0.1, 0.15) is 0 Å². The molecule has 0 amide bonds. The minimum atomic E-state index is -0.796. The van der Waals surface area contributed by atoms with Crippen molar-refractivity contribution in [3.63, 3.8) is 0 Å². The van der Waals surface area contributed by atoms with Crippen molar-refractivity contribution in [1.29, 1.82) is 0 Å². The quantitative estimate of drug-likeness (QED) is 0.649. The third-order valence-electron chi connectivity index (χ3n) is 1.07. The van der Waals surface area contributed by atoms with E-state index in [4.69, 9.17) is 0 Å². The van der Waals surface area contributed by atoms with Gasteiger partial charge in [0.05, 0.1) is 15.4 Å². The fraction of sp³-hybridized carbons (Fsp3) is 0.714. The molecule has 1 nitrogen and oxygen atoms in total. The molecule has 0 aliphatic carbocycles. The summed E-state index contributed by atoms with van der Waals surface area (Å²) in [6.07, 6.45) is 4.82. The van der Waals surface area contributed by atoms with Crippen LogP contribution < -0.4 is 0 Å². The summed E-state index contributed by atoms with van der Waals surface area (Å²) in [6, 6.07) is 0. The van der Waals surface area contributed by atoms with Gasteiger partial charge < -0.3 is 0 Å². The van der Waals surface area contributed by atoms with Crippen LogP contribution in [0.4, 0.5) is 0 Å². The molecule has 0 fully saturated rings. The SMILES string of the molecule is C/C=C/S(=O)C(CC)SSC. The second-order valence-corrected chi connectivity index (χ2v) is 6.37. The zero-order valence-corrected chi connectivity index (χ0v) is 9.52. The maximum absolute atomic E-state index is 11.4. The van der Waals surface area contributed by atoms with Gasteiger partial charge in [-0.1, -0.05) is 34.6 Å². The largest absolute Gasteiger partial charge is 0.254 e. The van der Waals surface area contributed by atoms with Crippen LogP contribution in [0.1, 0.15) is 20.3 Å². The number of hydrogen-bond donors (Lipinski definition) is 0. The van der Waals surface area contributed by atoms with Crippen molar-refractivity contribution in [2.24, 2.45) is 0 Å². The molecule has 0 rings (SSSR count). The Hall–Kier alpha value is 0.590. The Balaban J connectivity index is 3.91.